The second kappa shape index (κ2) is 11.3. The van der Waals surface area contributed by atoms with Crippen molar-refractivity contribution in [2.45, 2.75) is 33.4 Å². The molecule has 1 unspecified atom stereocenters. The molecule has 0 spiro atoms. The van der Waals surface area contributed by atoms with Crippen molar-refractivity contribution in [3.05, 3.63) is 134 Å². The molecule has 0 saturated carbocycles. The number of anilines is 1. The number of fused-ring (bicyclic) bond motifs is 2. The predicted octanol–water partition coefficient (Wildman–Crippen LogP) is 6.85. The van der Waals surface area contributed by atoms with Crippen LogP contribution in [0, 0.1) is 20.8 Å². The number of hydrogen-bond acceptors (Lipinski definition) is 8. The summed E-state index contributed by atoms with van der Waals surface area (Å²) in [6, 6.07) is 19.8. The lowest BCUT2D eigenvalue weighted by Crippen LogP contribution is -2.29. The summed E-state index contributed by atoms with van der Waals surface area (Å²) >= 11 is 1.03. The predicted molar refractivity (Wildman–Crippen MR) is 165 cm³/mol. The maximum absolute atomic E-state index is 14.1. The molecule has 43 heavy (non-hydrogen) atoms. The van der Waals surface area contributed by atoms with Crippen LogP contribution in [0.15, 0.2) is 88.6 Å². The van der Waals surface area contributed by atoms with Crippen LogP contribution in [-0.2, 0) is 11.3 Å². The van der Waals surface area contributed by atoms with E-state index in [4.69, 9.17) is 13.9 Å². The zero-order valence-electron chi connectivity index (χ0n) is 23.9. The lowest BCUT2D eigenvalue weighted by atomic mass is 9.97. The molecule has 216 valence electrons. The van der Waals surface area contributed by atoms with E-state index in [-0.39, 0.29) is 33.4 Å². The molecule has 1 atom stereocenters. The minimum Gasteiger partial charge on any atom is -0.489 e. The normalized spacial score (nSPS) is 14.2. The number of thiazole rings is 1. The van der Waals surface area contributed by atoms with Gasteiger partial charge in [-0.3, -0.25) is 14.5 Å². The Kier molecular flexibility index (Phi) is 7.41. The third-order valence-electron chi connectivity index (χ3n) is 7.42. The van der Waals surface area contributed by atoms with Crippen molar-refractivity contribution < 1.29 is 23.5 Å². The van der Waals surface area contributed by atoms with Crippen LogP contribution >= 0.6 is 11.3 Å². The van der Waals surface area contributed by atoms with Gasteiger partial charge in [0.25, 0.3) is 5.91 Å². The fourth-order valence-electron chi connectivity index (χ4n) is 5.13. The highest BCUT2D eigenvalue weighted by Gasteiger charge is 2.45. The summed E-state index contributed by atoms with van der Waals surface area (Å²) in [5, 5.41) is 0.637. The molecule has 3 aromatic carbocycles. The van der Waals surface area contributed by atoms with Crippen LogP contribution in [0.1, 0.15) is 59.8 Å². The van der Waals surface area contributed by atoms with Crippen LogP contribution in [0.3, 0.4) is 0 Å². The quantitative estimate of drug-likeness (QED) is 0.144. The first-order valence-electron chi connectivity index (χ1n) is 13.7. The van der Waals surface area contributed by atoms with Gasteiger partial charge < -0.3 is 13.9 Å². The topological polar surface area (TPSA) is 98.9 Å². The first-order chi connectivity index (χ1) is 20.8. The number of ether oxygens (including phenoxy) is 2. The highest BCUT2D eigenvalue weighted by Crippen LogP contribution is 2.44. The zero-order chi connectivity index (χ0) is 30.2. The van der Waals surface area contributed by atoms with Crippen molar-refractivity contribution >= 4 is 39.3 Å². The first-order valence-corrected chi connectivity index (χ1v) is 14.5. The maximum Gasteiger partial charge on any atom is 0.350 e. The second-order valence-electron chi connectivity index (χ2n) is 10.3. The van der Waals surface area contributed by atoms with E-state index in [9.17, 15) is 14.4 Å². The third-order valence-corrected chi connectivity index (χ3v) is 8.55. The molecule has 0 bridgehead atoms. The number of esters is 1. The largest absolute Gasteiger partial charge is 0.489 e. The number of rotatable bonds is 8. The molecule has 3 heterocycles. The molecule has 1 amide bonds. The van der Waals surface area contributed by atoms with Gasteiger partial charge in [0.1, 0.15) is 29.4 Å². The van der Waals surface area contributed by atoms with Crippen molar-refractivity contribution in [1.29, 1.82) is 0 Å². The fraction of sp³-hybridized carbons (Fsp3) is 0.176. The number of amides is 1. The van der Waals surface area contributed by atoms with Crippen molar-refractivity contribution in [2.24, 2.45) is 0 Å². The van der Waals surface area contributed by atoms with Gasteiger partial charge in [0.15, 0.2) is 10.6 Å². The Balaban J connectivity index is 1.49. The standard InChI is InChI=1S/C34H28N2O6S/c1-5-14-40-33(39)31-21(4)35-34(43-31)36-28(23-12-9-13-24(17-23)41-18-22-10-7-6-8-11-22)27-29(37)25-15-19(2)20(3)16-26(25)42-30(27)32(36)38/h5-13,15-17,28H,1,14,18H2,2-4H3. The summed E-state index contributed by atoms with van der Waals surface area (Å²) in [6.07, 6.45) is 1.48. The minimum atomic E-state index is -0.868. The van der Waals surface area contributed by atoms with Gasteiger partial charge in [0.05, 0.1) is 22.7 Å². The van der Waals surface area contributed by atoms with Gasteiger partial charge in [0.2, 0.25) is 5.76 Å². The number of nitrogens with zero attached hydrogens (tertiary/aromatic N) is 2. The van der Waals surface area contributed by atoms with Gasteiger partial charge in [-0.05, 0) is 67.3 Å². The highest BCUT2D eigenvalue weighted by atomic mass is 32.1. The molecule has 0 radical (unpaired) electrons. The highest BCUT2D eigenvalue weighted by molar-refractivity contribution is 7.17. The van der Waals surface area contributed by atoms with E-state index in [1.54, 1.807) is 19.1 Å². The molecule has 0 saturated heterocycles. The summed E-state index contributed by atoms with van der Waals surface area (Å²) in [4.78, 5) is 47.2. The van der Waals surface area contributed by atoms with E-state index >= 15 is 0 Å². The van der Waals surface area contributed by atoms with Crippen molar-refractivity contribution in [1.82, 2.24) is 4.98 Å². The number of hydrogen-bond donors (Lipinski definition) is 0. The first kappa shape index (κ1) is 28.1. The van der Waals surface area contributed by atoms with E-state index in [0.717, 1.165) is 28.0 Å². The molecular formula is C34H28N2O6S. The van der Waals surface area contributed by atoms with E-state index in [0.29, 0.717) is 34.6 Å². The smallest absolute Gasteiger partial charge is 0.350 e. The van der Waals surface area contributed by atoms with Crippen molar-refractivity contribution in [3.8, 4) is 5.75 Å². The molecule has 1 aliphatic rings. The number of carbonyl (C=O) groups excluding carboxylic acids is 2. The lowest BCUT2D eigenvalue weighted by Gasteiger charge is -2.23. The van der Waals surface area contributed by atoms with Crippen molar-refractivity contribution in [3.63, 3.8) is 0 Å². The summed E-state index contributed by atoms with van der Waals surface area (Å²) in [5.74, 6) is -0.565. The minimum absolute atomic E-state index is 0.0435. The molecule has 5 aromatic rings. The van der Waals surface area contributed by atoms with E-state index in [2.05, 4.69) is 11.6 Å². The van der Waals surface area contributed by atoms with Gasteiger partial charge >= 0.3 is 5.97 Å². The molecule has 9 heteroatoms. The molecule has 2 aromatic heterocycles. The molecule has 0 aliphatic carbocycles. The Morgan fingerprint density at radius 3 is 2.58 bits per heavy atom. The van der Waals surface area contributed by atoms with Gasteiger partial charge in [-0.25, -0.2) is 9.78 Å². The average molecular weight is 593 g/mol. The second-order valence-corrected chi connectivity index (χ2v) is 11.3. The van der Waals surface area contributed by atoms with Gasteiger partial charge in [0, 0.05) is 0 Å². The van der Waals surface area contributed by atoms with Crippen molar-refractivity contribution in [2.75, 3.05) is 11.5 Å². The Morgan fingerprint density at radius 1 is 1.05 bits per heavy atom. The number of carbonyl (C=O) groups is 2. The van der Waals surface area contributed by atoms with Gasteiger partial charge in [-0.1, -0.05) is 66.5 Å². The Labute approximate surface area is 251 Å². The Morgan fingerprint density at radius 2 is 1.81 bits per heavy atom. The summed E-state index contributed by atoms with van der Waals surface area (Å²) in [6.45, 7) is 9.50. The number of aromatic nitrogens is 1. The van der Waals surface area contributed by atoms with Crippen LogP contribution in [0.5, 0.6) is 5.75 Å². The molecule has 0 N–H and O–H groups in total. The fourth-order valence-corrected chi connectivity index (χ4v) is 6.12. The zero-order valence-corrected chi connectivity index (χ0v) is 24.7. The molecule has 0 fully saturated rings. The van der Waals surface area contributed by atoms with Gasteiger partial charge in [-0.15, -0.1) is 0 Å². The number of aryl methyl sites for hydroxylation is 3. The van der Waals surface area contributed by atoms with Crippen LogP contribution in [0.4, 0.5) is 5.13 Å². The summed E-state index contributed by atoms with van der Waals surface area (Å²) < 4.78 is 17.5. The van der Waals surface area contributed by atoms with Gasteiger partial charge in [-0.2, -0.15) is 0 Å². The van der Waals surface area contributed by atoms with E-state index in [1.165, 1.54) is 11.0 Å². The SMILES string of the molecule is C=CCOC(=O)c1sc(N2C(=O)c3oc4cc(C)c(C)cc4c(=O)c3C2c2cccc(OCc3ccccc3)c2)nc1C. The van der Waals surface area contributed by atoms with Crippen LogP contribution in [-0.4, -0.2) is 23.5 Å². The third kappa shape index (κ3) is 5.12. The molecular weight excluding hydrogens is 564 g/mol. The van der Waals surface area contributed by atoms with Crippen LogP contribution < -0.4 is 15.1 Å². The monoisotopic (exact) mass is 592 g/mol. The maximum atomic E-state index is 14.1. The summed E-state index contributed by atoms with van der Waals surface area (Å²) in [5.41, 5.74) is 4.18. The number of benzene rings is 3. The van der Waals surface area contributed by atoms with E-state index < -0.39 is 17.9 Å². The molecule has 1 aliphatic heterocycles. The van der Waals surface area contributed by atoms with Crippen LogP contribution in [0.25, 0.3) is 11.0 Å². The van der Waals surface area contributed by atoms with E-state index in [1.807, 2.05) is 68.4 Å². The lowest BCUT2D eigenvalue weighted by molar-refractivity contribution is 0.0554. The summed E-state index contributed by atoms with van der Waals surface area (Å²) in [7, 11) is 0. The Hall–Kier alpha value is -5.02. The molecule has 6 rings (SSSR count). The molecule has 8 nitrogen and oxygen atoms in total. The Bertz CT molecular complexity index is 1960. The van der Waals surface area contributed by atoms with Crippen LogP contribution in [0.2, 0.25) is 0 Å². The average Bonchev–Trinajstić information content (AvgIpc) is 3.53.